The van der Waals surface area contributed by atoms with Gasteiger partial charge in [-0.3, -0.25) is 0 Å². The molecule has 1 aromatic heterocycles. The first-order chi connectivity index (χ1) is 8.27. The Hall–Kier alpha value is -1.03. The second-order valence-electron chi connectivity index (χ2n) is 4.74. The van der Waals surface area contributed by atoms with Gasteiger partial charge in [0.15, 0.2) is 0 Å². The quantitative estimate of drug-likeness (QED) is 0.867. The Morgan fingerprint density at radius 3 is 2.76 bits per heavy atom. The Bertz CT molecular complexity index is 541. The smallest absolute Gasteiger partial charge is 0.201 e. The van der Waals surface area contributed by atoms with Crippen LogP contribution >= 0.6 is 15.9 Å². The molecule has 1 aromatic carbocycles. The van der Waals surface area contributed by atoms with E-state index in [1.54, 1.807) is 0 Å². The van der Waals surface area contributed by atoms with Crippen molar-refractivity contribution in [1.29, 1.82) is 0 Å². The van der Waals surface area contributed by atoms with Crippen LogP contribution in [0.5, 0.6) is 0 Å². The minimum atomic E-state index is 0.521. The van der Waals surface area contributed by atoms with Gasteiger partial charge in [0.25, 0.3) is 0 Å². The zero-order chi connectivity index (χ0) is 11.8. The summed E-state index contributed by atoms with van der Waals surface area (Å²) >= 11 is 3.61. The zero-order valence-corrected chi connectivity index (χ0v) is 11.3. The first-order valence-corrected chi connectivity index (χ1v) is 6.98. The number of imidazole rings is 1. The van der Waals surface area contributed by atoms with Gasteiger partial charge in [-0.15, -0.1) is 0 Å². The van der Waals surface area contributed by atoms with Gasteiger partial charge in [-0.05, 0) is 40.9 Å². The number of nitrogens with zero attached hydrogens (tertiary/aromatic N) is 2. The molecule has 0 spiro atoms. The second kappa shape index (κ2) is 4.33. The summed E-state index contributed by atoms with van der Waals surface area (Å²) in [7, 11) is 0. The molecule has 0 aliphatic heterocycles. The Labute approximate surface area is 109 Å². The topological polar surface area (TPSA) is 43.8 Å². The first-order valence-electron chi connectivity index (χ1n) is 6.19. The summed E-state index contributed by atoms with van der Waals surface area (Å²) < 4.78 is 3.31. The molecule has 3 nitrogen and oxygen atoms in total. The van der Waals surface area contributed by atoms with E-state index in [0.717, 1.165) is 15.5 Å². The number of halogens is 1. The van der Waals surface area contributed by atoms with Crippen LogP contribution in [0.3, 0.4) is 0 Å². The third kappa shape index (κ3) is 1.84. The van der Waals surface area contributed by atoms with Crippen molar-refractivity contribution in [3.05, 3.63) is 22.7 Å². The molecule has 0 atom stereocenters. The molecular weight excluding hydrogens is 278 g/mol. The van der Waals surface area contributed by atoms with E-state index < -0.39 is 0 Å². The van der Waals surface area contributed by atoms with E-state index in [1.807, 2.05) is 12.1 Å². The largest absolute Gasteiger partial charge is 0.369 e. The highest BCUT2D eigenvalue weighted by atomic mass is 79.9. The highest BCUT2D eigenvalue weighted by Gasteiger charge is 2.21. The molecular formula is C13H16BrN3. The summed E-state index contributed by atoms with van der Waals surface area (Å²) in [6.45, 7) is 0. The minimum absolute atomic E-state index is 0.521. The van der Waals surface area contributed by atoms with Crippen molar-refractivity contribution in [1.82, 2.24) is 9.55 Å². The van der Waals surface area contributed by atoms with Crippen molar-refractivity contribution < 1.29 is 0 Å². The maximum Gasteiger partial charge on any atom is 0.201 e. The maximum atomic E-state index is 6.08. The zero-order valence-electron chi connectivity index (χ0n) is 9.69. The average molecular weight is 294 g/mol. The molecule has 1 fully saturated rings. The third-order valence-corrected chi connectivity index (χ3v) is 4.27. The van der Waals surface area contributed by atoms with Crippen molar-refractivity contribution in [2.45, 2.75) is 38.1 Å². The van der Waals surface area contributed by atoms with Gasteiger partial charge in [-0.1, -0.05) is 25.3 Å². The number of nitrogens with two attached hydrogens (primary N) is 1. The number of hydrogen-bond acceptors (Lipinski definition) is 2. The van der Waals surface area contributed by atoms with E-state index in [1.165, 1.54) is 32.1 Å². The van der Waals surface area contributed by atoms with Gasteiger partial charge in [-0.2, -0.15) is 0 Å². The van der Waals surface area contributed by atoms with Crippen LogP contribution in [-0.2, 0) is 0 Å². The van der Waals surface area contributed by atoms with E-state index >= 15 is 0 Å². The van der Waals surface area contributed by atoms with Crippen LogP contribution in [0.2, 0.25) is 0 Å². The monoisotopic (exact) mass is 293 g/mol. The van der Waals surface area contributed by atoms with Gasteiger partial charge in [0.05, 0.1) is 11.0 Å². The summed E-state index contributed by atoms with van der Waals surface area (Å²) in [5.41, 5.74) is 8.22. The van der Waals surface area contributed by atoms with Crippen molar-refractivity contribution in [3.8, 4) is 0 Å². The average Bonchev–Trinajstić information content (AvgIpc) is 2.68. The highest BCUT2D eigenvalue weighted by Crippen LogP contribution is 2.35. The van der Waals surface area contributed by atoms with Crippen molar-refractivity contribution >= 4 is 32.9 Å². The van der Waals surface area contributed by atoms with Gasteiger partial charge in [0.1, 0.15) is 0 Å². The summed E-state index contributed by atoms with van der Waals surface area (Å²) in [5, 5.41) is 0. The Kier molecular flexibility index (Phi) is 2.82. The van der Waals surface area contributed by atoms with Crippen LogP contribution in [0.4, 0.5) is 5.95 Å². The molecule has 1 saturated carbocycles. The SMILES string of the molecule is Nc1nc2cccc(Br)c2n1C1CCCCC1. The molecule has 0 amide bonds. The van der Waals surface area contributed by atoms with Gasteiger partial charge < -0.3 is 10.3 Å². The molecule has 3 rings (SSSR count). The lowest BCUT2D eigenvalue weighted by Crippen LogP contribution is -2.15. The number of aromatic nitrogens is 2. The number of fused-ring (bicyclic) bond motifs is 1. The van der Waals surface area contributed by atoms with E-state index in [9.17, 15) is 0 Å². The van der Waals surface area contributed by atoms with E-state index in [2.05, 4.69) is 31.5 Å². The molecule has 1 heterocycles. The molecule has 2 N–H and O–H groups in total. The normalized spacial score (nSPS) is 17.7. The molecule has 2 aromatic rings. The van der Waals surface area contributed by atoms with E-state index in [-0.39, 0.29) is 0 Å². The number of anilines is 1. The fourth-order valence-electron chi connectivity index (χ4n) is 2.83. The van der Waals surface area contributed by atoms with Crippen LogP contribution in [0, 0.1) is 0 Å². The highest BCUT2D eigenvalue weighted by molar-refractivity contribution is 9.10. The molecule has 1 aliphatic carbocycles. The number of nitrogen functional groups attached to an aromatic ring is 1. The lowest BCUT2D eigenvalue weighted by molar-refractivity contribution is 0.363. The van der Waals surface area contributed by atoms with Crippen LogP contribution in [0.15, 0.2) is 22.7 Å². The summed E-state index contributed by atoms with van der Waals surface area (Å²) in [5.74, 6) is 0.652. The first kappa shape index (κ1) is 11.1. The Balaban J connectivity index is 2.16. The second-order valence-corrected chi connectivity index (χ2v) is 5.59. The molecule has 0 unspecified atom stereocenters. The summed E-state index contributed by atoms with van der Waals surface area (Å²) in [4.78, 5) is 4.46. The number of benzene rings is 1. The number of para-hydroxylation sites is 1. The van der Waals surface area contributed by atoms with Crippen LogP contribution < -0.4 is 5.73 Å². The molecule has 4 heteroatoms. The maximum absolute atomic E-state index is 6.08. The molecule has 0 bridgehead atoms. The van der Waals surface area contributed by atoms with Crippen LogP contribution in [0.1, 0.15) is 38.1 Å². The van der Waals surface area contributed by atoms with Crippen molar-refractivity contribution in [2.75, 3.05) is 5.73 Å². The predicted molar refractivity (Wildman–Crippen MR) is 74.0 cm³/mol. The molecule has 1 aliphatic rings. The lowest BCUT2D eigenvalue weighted by Gasteiger charge is -2.24. The van der Waals surface area contributed by atoms with Gasteiger partial charge in [0, 0.05) is 10.5 Å². The van der Waals surface area contributed by atoms with Crippen LogP contribution in [-0.4, -0.2) is 9.55 Å². The van der Waals surface area contributed by atoms with Crippen LogP contribution in [0.25, 0.3) is 11.0 Å². The van der Waals surface area contributed by atoms with E-state index in [0.29, 0.717) is 12.0 Å². The van der Waals surface area contributed by atoms with Gasteiger partial charge in [-0.25, -0.2) is 4.98 Å². The lowest BCUT2D eigenvalue weighted by atomic mass is 9.95. The fourth-order valence-corrected chi connectivity index (χ4v) is 3.38. The molecule has 90 valence electrons. The van der Waals surface area contributed by atoms with E-state index in [4.69, 9.17) is 5.73 Å². The summed E-state index contributed by atoms with van der Waals surface area (Å²) in [6.07, 6.45) is 6.39. The molecule has 0 radical (unpaired) electrons. The van der Waals surface area contributed by atoms with Crippen molar-refractivity contribution in [2.24, 2.45) is 0 Å². The third-order valence-electron chi connectivity index (χ3n) is 3.63. The molecule has 17 heavy (non-hydrogen) atoms. The predicted octanol–water partition coefficient (Wildman–Crippen LogP) is 3.89. The molecule has 0 saturated heterocycles. The fraction of sp³-hybridized carbons (Fsp3) is 0.462. The van der Waals surface area contributed by atoms with Gasteiger partial charge >= 0.3 is 0 Å². The summed E-state index contributed by atoms with van der Waals surface area (Å²) in [6, 6.07) is 6.61. The minimum Gasteiger partial charge on any atom is -0.369 e. The number of rotatable bonds is 1. The standard InChI is InChI=1S/C13H16BrN3/c14-10-7-4-8-11-12(10)17(13(15)16-11)9-5-2-1-3-6-9/h4,7-9H,1-3,5-6H2,(H2,15,16). The van der Waals surface area contributed by atoms with Crippen molar-refractivity contribution in [3.63, 3.8) is 0 Å². The Morgan fingerprint density at radius 2 is 2.00 bits per heavy atom. The Morgan fingerprint density at radius 1 is 1.24 bits per heavy atom. The number of hydrogen-bond donors (Lipinski definition) is 1. The van der Waals surface area contributed by atoms with Gasteiger partial charge in [0.2, 0.25) is 5.95 Å².